The molecule has 2 aromatic carbocycles. The van der Waals surface area contributed by atoms with Crippen LogP contribution in [0.3, 0.4) is 0 Å². The number of aliphatic carboxylic acids is 1. The lowest BCUT2D eigenvalue weighted by Crippen LogP contribution is -2.41. The van der Waals surface area contributed by atoms with Crippen LogP contribution in [0.1, 0.15) is 26.7 Å². The fourth-order valence-electron chi connectivity index (χ4n) is 2.63. The summed E-state index contributed by atoms with van der Waals surface area (Å²) >= 11 is 6.16. The van der Waals surface area contributed by atoms with Crippen molar-refractivity contribution in [2.24, 2.45) is 0 Å². The highest BCUT2D eigenvalue weighted by molar-refractivity contribution is 6.31. The molecule has 1 unspecified atom stereocenters. The lowest BCUT2D eigenvalue weighted by molar-refractivity contribution is -0.138. The summed E-state index contributed by atoms with van der Waals surface area (Å²) in [5.74, 6) is 0.441. The van der Waals surface area contributed by atoms with E-state index in [1.165, 1.54) is 0 Å². The van der Waals surface area contributed by atoms with E-state index in [-0.39, 0.29) is 0 Å². The van der Waals surface area contributed by atoms with Crippen molar-refractivity contribution in [3.8, 4) is 11.5 Å². The van der Waals surface area contributed by atoms with Crippen molar-refractivity contribution >= 4 is 23.3 Å². The summed E-state index contributed by atoms with van der Waals surface area (Å²) < 4.78 is 5.97. The molecule has 24 heavy (non-hydrogen) atoms. The normalized spacial score (nSPS) is 11.8. The van der Waals surface area contributed by atoms with Gasteiger partial charge in [0.05, 0.1) is 5.69 Å². The Hall–Kier alpha value is -2.20. The third-order valence-corrected chi connectivity index (χ3v) is 3.95. The number of halogens is 1. The number of rotatable bonds is 8. The molecule has 0 aromatic heterocycles. The monoisotopic (exact) mass is 347 g/mol. The molecule has 0 radical (unpaired) electrons. The molecule has 5 heteroatoms. The van der Waals surface area contributed by atoms with Crippen LogP contribution in [0, 0.1) is 0 Å². The maximum Gasteiger partial charge on any atom is 0.326 e. The minimum absolute atomic E-state index is 0.493. The van der Waals surface area contributed by atoms with Crippen molar-refractivity contribution in [2.45, 2.75) is 32.7 Å². The first kappa shape index (κ1) is 18.1. The Morgan fingerprint density at radius 2 is 1.92 bits per heavy atom. The van der Waals surface area contributed by atoms with Gasteiger partial charge in [-0.1, -0.05) is 43.6 Å². The van der Waals surface area contributed by atoms with E-state index in [9.17, 15) is 9.90 Å². The molecule has 1 atom stereocenters. The summed E-state index contributed by atoms with van der Waals surface area (Å²) in [6.07, 6.45) is 1.31. The maximum absolute atomic E-state index is 11.7. The van der Waals surface area contributed by atoms with Crippen LogP contribution in [0.2, 0.25) is 5.02 Å². The minimum atomic E-state index is -0.850. The van der Waals surface area contributed by atoms with Gasteiger partial charge in [-0.25, -0.2) is 4.79 Å². The Morgan fingerprint density at radius 1 is 1.21 bits per heavy atom. The van der Waals surface area contributed by atoms with E-state index >= 15 is 0 Å². The zero-order valence-corrected chi connectivity index (χ0v) is 14.7. The van der Waals surface area contributed by atoms with Crippen LogP contribution in [-0.4, -0.2) is 23.7 Å². The zero-order valence-electron chi connectivity index (χ0n) is 13.9. The van der Waals surface area contributed by atoms with Crippen molar-refractivity contribution < 1.29 is 14.6 Å². The highest BCUT2D eigenvalue weighted by Crippen LogP contribution is 2.36. The fourth-order valence-corrected chi connectivity index (χ4v) is 2.80. The number of anilines is 1. The van der Waals surface area contributed by atoms with Gasteiger partial charge in [-0.15, -0.1) is 0 Å². The first-order chi connectivity index (χ1) is 11.6. The van der Waals surface area contributed by atoms with Gasteiger partial charge in [-0.05, 0) is 43.2 Å². The predicted molar refractivity (Wildman–Crippen MR) is 97.3 cm³/mol. The van der Waals surface area contributed by atoms with Crippen LogP contribution in [0.5, 0.6) is 11.5 Å². The van der Waals surface area contributed by atoms with Gasteiger partial charge in [0.1, 0.15) is 11.8 Å². The highest BCUT2D eigenvalue weighted by Gasteiger charge is 2.26. The van der Waals surface area contributed by atoms with Crippen LogP contribution >= 0.6 is 11.6 Å². The molecule has 2 rings (SSSR count). The molecular weight excluding hydrogens is 326 g/mol. The number of nitrogens with zero attached hydrogens (tertiary/aromatic N) is 1. The van der Waals surface area contributed by atoms with E-state index in [4.69, 9.17) is 16.3 Å². The van der Waals surface area contributed by atoms with Crippen LogP contribution in [0.4, 0.5) is 5.69 Å². The molecule has 0 amide bonds. The number of carboxylic acids is 1. The minimum Gasteiger partial charge on any atom is -0.480 e. The summed E-state index contributed by atoms with van der Waals surface area (Å²) in [5.41, 5.74) is 0.697. The quantitative estimate of drug-likeness (QED) is 0.712. The van der Waals surface area contributed by atoms with E-state index < -0.39 is 12.0 Å². The van der Waals surface area contributed by atoms with Crippen LogP contribution in [-0.2, 0) is 4.79 Å². The maximum atomic E-state index is 11.7. The smallest absolute Gasteiger partial charge is 0.326 e. The largest absolute Gasteiger partial charge is 0.480 e. The first-order valence-electron chi connectivity index (χ1n) is 8.08. The molecular formula is C19H22ClNO3. The Labute approximate surface area is 147 Å². The third-order valence-electron chi connectivity index (χ3n) is 3.71. The first-order valence-corrected chi connectivity index (χ1v) is 8.46. The topological polar surface area (TPSA) is 49.8 Å². The van der Waals surface area contributed by atoms with E-state index in [1.54, 1.807) is 18.2 Å². The Kier molecular flexibility index (Phi) is 6.50. The van der Waals surface area contributed by atoms with E-state index in [1.807, 2.05) is 49.1 Å². The second-order valence-electron chi connectivity index (χ2n) is 5.48. The Morgan fingerprint density at radius 3 is 2.50 bits per heavy atom. The standard InChI is InChI=1S/C19H22ClNO3/c1-3-12-21(16(4-2)19(22)23)17-13-14(20)10-11-18(17)24-15-8-6-5-7-9-15/h5-11,13,16H,3-4,12H2,1-2H3,(H,22,23). The lowest BCUT2D eigenvalue weighted by atomic mass is 10.1. The van der Waals surface area contributed by atoms with Gasteiger partial charge in [0.2, 0.25) is 0 Å². The molecule has 0 saturated heterocycles. The third kappa shape index (κ3) is 4.42. The van der Waals surface area contributed by atoms with E-state index in [0.29, 0.717) is 35.2 Å². The SMILES string of the molecule is CCCN(c1cc(Cl)ccc1Oc1ccccc1)C(CC)C(=O)O. The summed E-state index contributed by atoms with van der Waals surface area (Å²) in [6, 6.07) is 14.1. The molecule has 0 aliphatic heterocycles. The molecule has 2 aromatic rings. The number of ether oxygens (including phenoxy) is 1. The van der Waals surface area contributed by atoms with Crippen LogP contribution < -0.4 is 9.64 Å². The van der Waals surface area contributed by atoms with Crippen LogP contribution in [0.25, 0.3) is 0 Å². The second kappa shape index (κ2) is 8.60. The van der Waals surface area contributed by atoms with E-state index in [0.717, 1.165) is 6.42 Å². The van der Waals surface area contributed by atoms with Gasteiger partial charge in [-0.2, -0.15) is 0 Å². The van der Waals surface area contributed by atoms with Crippen molar-refractivity contribution in [3.63, 3.8) is 0 Å². The number of hydrogen-bond acceptors (Lipinski definition) is 3. The van der Waals surface area contributed by atoms with Crippen molar-refractivity contribution in [1.82, 2.24) is 0 Å². The molecule has 0 spiro atoms. The van der Waals surface area contributed by atoms with Gasteiger partial charge < -0.3 is 14.7 Å². The molecule has 128 valence electrons. The molecule has 4 nitrogen and oxygen atoms in total. The van der Waals surface area contributed by atoms with Gasteiger partial charge in [-0.3, -0.25) is 0 Å². The average molecular weight is 348 g/mol. The molecule has 0 saturated carbocycles. The van der Waals surface area contributed by atoms with Crippen LogP contribution in [0.15, 0.2) is 48.5 Å². The average Bonchev–Trinajstić information content (AvgIpc) is 2.57. The van der Waals surface area contributed by atoms with Crippen molar-refractivity contribution in [3.05, 3.63) is 53.6 Å². The number of hydrogen-bond donors (Lipinski definition) is 1. The summed E-state index contributed by atoms with van der Waals surface area (Å²) in [6.45, 7) is 4.49. The fraction of sp³-hybridized carbons (Fsp3) is 0.316. The number of carboxylic acid groups (broad SMARTS) is 1. The Balaban J connectivity index is 2.44. The van der Waals surface area contributed by atoms with Gasteiger partial charge in [0.25, 0.3) is 0 Å². The van der Waals surface area contributed by atoms with Gasteiger partial charge in [0.15, 0.2) is 5.75 Å². The number of para-hydroxylation sites is 1. The Bertz CT molecular complexity index is 676. The molecule has 0 heterocycles. The van der Waals surface area contributed by atoms with Gasteiger partial charge >= 0.3 is 5.97 Å². The summed E-state index contributed by atoms with van der Waals surface area (Å²) in [7, 11) is 0. The summed E-state index contributed by atoms with van der Waals surface area (Å²) in [5, 5.41) is 10.1. The number of benzene rings is 2. The molecule has 0 fully saturated rings. The van der Waals surface area contributed by atoms with E-state index in [2.05, 4.69) is 0 Å². The highest BCUT2D eigenvalue weighted by atomic mass is 35.5. The van der Waals surface area contributed by atoms with Crippen molar-refractivity contribution in [1.29, 1.82) is 0 Å². The molecule has 0 aliphatic carbocycles. The molecule has 0 aliphatic rings. The van der Waals surface area contributed by atoms with Gasteiger partial charge in [0, 0.05) is 11.6 Å². The van der Waals surface area contributed by atoms with Crippen molar-refractivity contribution in [2.75, 3.05) is 11.4 Å². The lowest BCUT2D eigenvalue weighted by Gasteiger charge is -2.31. The second-order valence-corrected chi connectivity index (χ2v) is 5.92. The summed E-state index contributed by atoms with van der Waals surface area (Å²) in [4.78, 5) is 13.5. The predicted octanol–water partition coefficient (Wildman–Crippen LogP) is 5.21. The zero-order chi connectivity index (χ0) is 17.5. The molecule has 0 bridgehead atoms. The number of carbonyl (C=O) groups is 1. The molecule has 1 N–H and O–H groups in total.